The number of imide groups is 1. The van der Waals surface area contributed by atoms with Crippen LogP contribution in [-0.4, -0.2) is 35.8 Å². The van der Waals surface area contributed by atoms with Gasteiger partial charge in [-0.05, 0) is 50.2 Å². The minimum atomic E-state index is -0.227. The molecule has 1 saturated heterocycles. The molecule has 1 aliphatic heterocycles. The summed E-state index contributed by atoms with van der Waals surface area (Å²) in [5.41, 5.74) is 0.765. The number of thioether (sulfide) groups is 1. The van der Waals surface area contributed by atoms with Crippen LogP contribution in [0.4, 0.5) is 4.79 Å². The Labute approximate surface area is 147 Å². The molecule has 0 aliphatic carbocycles. The zero-order valence-corrected chi connectivity index (χ0v) is 15.1. The maximum Gasteiger partial charge on any atom is 0.293 e. The first-order valence-corrected chi connectivity index (χ1v) is 9.07. The van der Waals surface area contributed by atoms with Gasteiger partial charge in [0, 0.05) is 18.2 Å². The summed E-state index contributed by atoms with van der Waals surface area (Å²) in [4.78, 5) is 26.2. The molecule has 1 aliphatic rings. The molecule has 0 aromatic heterocycles. The van der Waals surface area contributed by atoms with Gasteiger partial charge >= 0.3 is 0 Å². The van der Waals surface area contributed by atoms with Crippen LogP contribution in [0.15, 0.2) is 23.1 Å². The van der Waals surface area contributed by atoms with E-state index in [1.54, 1.807) is 12.1 Å². The molecule has 2 amide bonds. The highest BCUT2D eigenvalue weighted by atomic mass is 32.2. The van der Waals surface area contributed by atoms with E-state index in [-0.39, 0.29) is 11.1 Å². The van der Waals surface area contributed by atoms with E-state index < -0.39 is 0 Å². The highest BCUT2D eigenvalue weighted by molar-refractivity contribution is 8.18. The molecule has 0 N–H and O–H groups in total. The van der Waals surface area contributed by atoms with Gasteiger partial charge in [-0.2, -0.15) is 0 Å². The number of unbranched alkanes of at least 4 members (excludes halogenated alkanes) is 1. The summed E-state index contributed by atoms with van der Waals surface area (Å²) in [6, 6.07) is 5.48. The Hall–Kier alpha value is -1.95. The van der Waals surface area contributed by atoms with E-state index in [1.165, 1.54) is 4.90 Å². The first-order chi connectivity index (χ1) is 11.6. The Balaban J connectivity index is 2.26. The number of hydrogen-bond donors (Lipinski definition) is 0. The normalized spacial score (nSPS) is 16.1. The maximum absolute atomic E-state index is 12.4. The van der Waals surface area contributed by atoms with Crippen molar-refractivity contribution in [3.8, 4) is 11.5 Å². The number of carbonyl (C=O) groups is 2. The summed E-state index contributed by atoms with van der Waals surface area (Å²) in [6.45, 7) is 7.40. The lowest BCUT2D eigenvalue weighted by atomic mass is 10.1. The largest absolute Gasteiger partial charge is 0.494 e. The number of carbonyl (C=O) groups excluding carboxylic acids is 2. The van der Waals surface area contributed by atoms with Gasteiger partial charge in [0.1, 0.15) is 11.5 Å². The Morgan fingerprint density at radius 1 is 1.12 bits per heavy atom. The second-order valence-corrected chi connectivity index (χ2v) is 6.25. The molecule has 1 heterocycles. The van der Waals surface area contributed by atoms with Crippen molar-refractivity contribution in [3.05, 3.63) is 28.7 Å². The standard InChI is InChI=1S/C18H23NO4S/c1-4-7-10-19-17(20)16(24-18(19)21)11-13-8-9-14(22-5-2)12-15(13)23-6-3/h8-9,11-12H,4-7,10H2,1-3H3/b16-11+. The van der Waals surface area contributed by atoms with Crippen molar-refractivity contribution in [2.45, 2.75) is 33.6 Å². The van der Waals surface area contributed by atoms with E-state index in [2.05, 4.69) is 0 Å². The van der Waals surface area contributed by atoms with Crippen LogP contribution in [0.5, 0.6) is 11.5 Å². The van der Waals surface area contributed by atoms with Gasteiger partial charge in [-0.15, -0.1) is 0 Å². The van der Waals surface area contributed by atoms with Crippen LogP contribution >= 0.6 is 11.8 Å². The molecule has 6 heteroatoms. The van der Waals surface area contributed by atoms with Crippen molar-refractivity contribution in [2.24, 2.45) is 0 Å². The van der Waals surface area contributed by atoms with Crippen molar-refractivity contribution < 1.29 is 19.1 Å². The Morgan fingerprint density at radius 3 is 2.54 bits per heavy atom. The third kappa shape index (κ3) is 4.32. The molecule has 5 nitrogen and oxygen atoms in total. The van der Waals surface area contributed by atoms with Gasteiger partial charge in [-0.1, -0.05) is 13.3 Å². The summed E-state index contributed by atoms with van der Waals surface area (Å²) in [7, 11) is 0. The zero-order valence-electron chi connectivity index (χ0n) is 14.3. The molecule has 0 bridgehead atoms. The van der Waals surface area contributed by atoms with Gasteiger partial charge in [-0.25, -0.2) is 0 Å². The predicted octanol–water partition coefficient (Wildman–Crippen LogP) is 4.32. The van der Waals surface area contributed by atoms with Crippen LogP contribution in [0.25, 0.3) is 6.08 Å². The molecule has 24 heavy (non-hydrogen) atoms. The van der Waals surface area contributed by atoms with Gasteiger partial charge in [0.15, 0.2) is 0 Å². The van der Waals surface area contributed by atoms with E-state index in [4.69, 9.17) is 9.47 Å². The van der Waals surface area contributed by atoms with Crippen molar-refractivity contribution in [3.63, 3.8) is 0 Å². The fourth-order valence-electron chi connectivity index (χ4n) is 2.32. The van der Waals surface area contributed by atoms with Gasteiger partial charge < -0.3 is 9.47 Å². The molecule has 0 unspecified atom stereocenters. The van der Waals surface area contributed by atoms with Crippen molar-refractivity contribution in [1.82, 2.24) is 4.90 Å². The van der Waals surface area contributed by atoms with E-state index in [1.807, 2.05) is 32.9 Å². The maximum atomic E-state index is 12.4. The quantitative estimate of drug-likeness (QED) is 0.654. The van der Waals surface area contributed by atoms with E-state index >= 15 is 0 Å². The molecular weight excluding hydrogens is 326 g/mol. The number of amides is 2. The lowest BCUT2D eigenvalue weighted by Gasteiger charge is -2.11. The van der Waals surface area contributed by atoms with Crippen molar-refractivity contribution in [2.75, 3.05) is 19.8 Å². The second-order valence-electron chi connectivity index (χ2n) is 5.25. The fraction of sp³-hybridized carbons (Fsp3) is 0.444. The molecule has 0 spiro atoms. The molecule has 130 valence electrons. The summed E-state index contributed by atoms with van der Waals surface area (Å²) in [5, 5.41) is -0.205. The second kappa shape index (κ2) is 8.78. The van der Waals surface area contributed by atoms with Crippen LogP contribution < -0.4 is 9.47 Å². The minimum absolute atomic E-state index is 0.205. The zero-order chi connectivity index (χ0) is 17.5. The van der Waals surface area contributed by atoms with Gasteiger partial charge in [0.2, 0.25) is 0 Å². The molecule has 1 aromatic rings. The van der Waals surface area contributed by atoms with E-state index in [0.29, 0.717) is 36.2 Å². The average Bonchev–Trinajstić information content (AvgIpc) is 2.82. The average molecular weight is 349 g/mol. The first-order valence-electron chi connectivity index (χ1n) is 8.25. The van der Waals surface area contributed by atoms with Crippen molar-refractivity contribution >= 4 is 29.0 Å². The number of rotatable bonds is 8. The molecule has 1 fully saturated rings. The summed E-state index contributed by atoms with van der Waals surface area (Å²) >= 11 is 0.980. The van der Waals surface area contributed by atoms with Crippen LogP contribution in [0.3, 0.4) is 0 Å². The third-order valence-corrected chi connectivity index (χ3v) is 4.40. The number of nitrogens with zero attached hydrogens (tertiary/aromatic N) is 1. The fourth-order valence-corrected chi connectivity index (χ4v) is 3.18. The Kier molecular flexibility index (Phi) is 6.73. The van der Waals surface area contributed by atoms with Crippen LogP contribution in [0.1, 0.15) is 39.2 Å². The van der Waals surface area contributed by atoms with Crippen molar-refractivity contribution in [1.29, 1.82) is 0 Å². The summed E-state index contributed by atoms with van der Waals surface area (Å²) in [6.07, 6.45) is 3.48. The SMILES string of the molecule is CCCCN1C(=O)S/C(=C/c2ccc(OCC)cc2OCC)C1=O. The third-order valence-electron chi connectivity index (χ3n) is 3.49. The molecular formula is C18H23NO4S. The molecule has 0 saturated carbocycles. The Bertz CT molecular complexity index is 642. The van der Waals surface area contributed by atoms with E-state index in [9.17, 15) is 9.59 Å². The molecule has 0 atom stereocenters. The topological polar surface area (TPSA) is 55.8 Å². The van der Waals surface area contributed by atoms with E-state index in [0.717, 1.165) is 30.2 Å². The minimum Gasteiger partial charge on any atom is -0.494 e. The van der Waals surface area contributed by atoms with Crippen LogP contribution in [-0.2, 0) is 4.79 Å². The lowest BCUT2D eigenvalue weighted by Crippen LogP contribution is -2.29. The monoisotopic (exact) mass is 349 g/mol. The van der Waals surface area contributed by atoms with Crippen LogP contribution in [0, 0.1) is 0 Å². The molecule has 2 rings (SSSR count). The number of hydrogen-bond acceptors (Lipinski definition) is 5. The van der Waals surface area contributed by atoms with Gasteiger partial charge in [0.25, 0.3) is 11.1 Å². The predicted molar refractivity (Wildman–Crippen MR) is 96.4 cm³/mol. The number of benzene rings is 1. The Morgan fingerprint density at radius 2 is 1.88 bits per heavy atom. The molecule has 1 aromatic carbocycles. The molecule has 0 radical (unpaired) electrons. The van der Waals surface area contributed by atoms with Gasteiger partial charge in [0.05, 0.1) is 18.1 Å². The lowest BCUT2D eigenvalue weighted by molar-refractivity contribution is -0.122. The first kappa shape index (κ1) is 18.4. The smallest absolute Gasteiger partial charge is 0.293 e. The van der Waals surface area contributed by atoms with Gasteiger partial charge in [-0.3, -0.25) is 14.5 Å². The van der Waals surface area contributed by atoms with Crippen LogP contribution in [0.2, 0.25) is 0 Å². The highest BCUT2D eigenvalue weighted by Gasteiger charge is 2.34. The highest BCUT2D eigenvalue weighted by Crippen LogP contribution is 2.35. The summed E-state index contributed by atoms with van der Waals surface area (Å²) in [5.74, 6) is 1.13. The summed E-state index contributed by atoms with van der Waals surface area (Å²) < 4.78 is 11.1. The number of ether oxygens (including phenoxy) is 2.